The molecule has 0 fully saturated rings. The summed E-state index contributed by atoms with van der Waals surface area (Å²) in [6.07, 6.45) is 98.1. The zero-order valence-corrected chi connectivity index (χ0v) is 57.4. The Morgan fingerprint density at radius 1 is 0.329 bits per heavy atom. The van der Waals surface area contributed by atoms with Crippen LogP contribution >= 0.6 is 0 Å². The van der Waals surface area contributed by atoms with Crippen molar-refractivity contribution in [1.29, 1.82) is 0 Å². The predicted molar refractivity (Wildman–Crippen MR) is 375 cm³/mol. The van der Waals surface area contributed by atoms with E-state index in [-0.39, 0.29) is 18.5 Å². The van der Waals surface area contributed by atoms with Crippen molar-refractivity contribution in [3.05, 3.63) is 48.6 Å². The highest BCUT2D eigenvalue weighted by atomic mass is 16.5. The van der Waals surface area contributed by atoms with Crippen molar-refractivity contribution in [2.75, 3.05) is 13.2 Å². The summed E-state index contributed by atoms with van der Waals surface area (Å²) in [6.45, 7) is 4.89. The minimum absolute atomic E-state index is 0.00777. The smallest absolute Gasteiger partial charge is 0.305 e. The van der Waals surface area contributed by atoms with Crippen LogP contribution in [0.2, 0.25) is 0 Å². The molecule has 85 heavy (non-hydrogen) atoms. The van der Waals surface area contributed by atoms with Crippen LogP contribution in [0.1, 0.15) is 418 Å². The minimum Gasteiger partial charge on any atom is -0.466 e. The molecule has 0 aromatic rings. The number of rotatable bonds is 72. The van der Waals surface area contributed by atoms with Crippen LogP contribution in [0.3, 0.4) is 0 Å². The molecule has 0 aromatic heterocycles. The molecule has 0 saturated heterocycles. The molecule has 2 atom stereocenters. The summed E-state index contributed by atoms with van der Waals surface area (Å²) in [5.74, 6) is -0.0536. The fourth-order valence-electron chi connectivity index (χ4n) is 11.9. The Labute approximate surface area is 531 Å². The first kappa shape index (κ1) is 82.8. The lowest BCUT2D eigenvalue weighted by atomic mass is 10.0. The summed E-state index contributed by atoms with van der Waals surface area (Å²) in [7, 11) is 0. The van der Waals surface area contributed by atoms with E-state index in [1.54, 1.807) is 6.08 Å². The molecule has 2 unspecified atom stereocenters. The van der Waals surface area contributed by atoms with E-state index < -0.39 is 12.1 Å². The molecule has 0 aliphatic rings. The highest BCUT2D eigenvalue weighted by molar-refractivity contribution is 5.76. The number of aliphatic hydroxyl groups is 2. The maximum absolute atomic E-state index is 12.5. The molecule has 0 aromatic carbocycles. The van der Waals surface area contributed by atoms with Crippen LogP contribution < -0.4 is 5.32 Å². The Balaban J connectivity index is 3.33. The number of carbonyl (C=O) groups excluding carboxylic acids is 2. The summed E-state index contributed by atoms with van der Waals surface area (Å²) < 4.78 is 5.49. The Morgan fingerprint density at radius 2 is 0.600 bits per heavy atom. The number of hydrogen-bond acceptors (Lipinski definition) is 5. The number of allylic oxidation sites excluding steroid dienone is 7. The Hall–Kier alpha value is -2.18. The molecule has 0 rings (SSSR count). The van der Waals surface area contributed by atoms with Crippen molar-refractivity contribution >= 4 is 11.9 Å². The van der Waals surface area contributed by atoms with Gasteiger partial charge in [0.25, 0.3) is 0 Å². The zero-order chi connectivity index (χ0) is 61.3. The van der Waals surface area contributed by atoms with Crippen LogP contribution in [0.5, 0.6) is 0 Å². The largest absolute Gasteiger partial charge is 0.466 e. The van der Waals surface area contributed by atoms with Gasteiger partial charge >= 0.3 is 5.97 Å². The van der Waals surface area contributed by atoms with Crippen molar-refractivity contribution in [1.82, 2.24) is 5.32 Å². The average Bonchev–Trinajstić information content (AvgIpc) is 3.52. The van der Waals surface area contributed by atoms with Crippen LogP contribution in [0.25, 0.3) is 0 Å². The van der Waals surface area contributed by atoms with Gasteiger partial charge in [-0.15, -0.1) is 0 Å². The first-order valence-electron chi connectivity index (χ1n) is 38.4. The standard InChI is InChI=1S/C79H149NO5/c1-3-5-7-9-11-13-15-17-44-47-51-55-59-63-67-71-77(82)76(75-81)80-78(83)72-68-64-60-56-52-48-45-42-40-38-36-34-32-30-28-26-24-22-20-19-21-23-25-27-29-31-33-35-37-39-41-43-46-50-54-58-62-66-70-74-85-79(84)73-69-65-61-57-53-49-18-16-14-12-10-8-6-4-2/h10,12,16,18-20,67,71,76-77,81-82H,3-9,11,13-15,17,21-66,68-70,72-75H2,1-2H3,(H,80,83)/b12-10-,18-16-,20-19-,71-67+. The molecule has 0 bridgehead atoms. The lowest BCUT2D eigenvalue weighted by Gasteiger charge is -2.20. The zero-order valence-electron chi connectivity index (χ0n) is 57.4. The summed E-state index contributed by atoms with van der Waals surface area (Å²) in [5.41, 5.74) is 0. The van der Waals surface area contributed by atoms with E-state index in [0.717, 1.165) is 51.4 Å². The molecule has 6 nitrogen and oxygen atoms in total. The van der Waals surface area contributed by atoms with Gasteiger partial charge in [-0.1, -0.05) is 371 Å². The van der Waals surface area contributed by atoms with Crippen molar-refractivity contribution in [2.24, 2.45) is 0 Å². The number of esters is 1. The molecule has 0 radical (unpaired) electrons. The number of unbranched alkanes of at least 4 members (excludes halogenated alkanes) is 55. The first-order valence-corrected chi connectivity index (χ1v) is 38.4. The highest BCUT2D eigenvalue weighted by Crippen LogP contribution is 2.19. The van der Waals surface area contributed by atoms with E-state index in [1.807, 2.05) is 6.08 Å². The van der Waals surface area contributed by atoms with Crippen LogP contribution in [-0.4, -0.2) is 47.4 Å². The molecule has 0 aliphatic heterocycles. The van der Waals surface area contributed by atoms with E-state index >= 15 is 0 Å². The third kappa shape index (κ3) is 70.8. The molecular weight excluding hydrogens is 1040 g/mol. The summed E-state index contributed by atoms with van der Waals surface area (Å²) >= 11 is 0. The van der Waals surface area contributed by atoms with Gasteiger partial charge in [0.1, 0.15) is 0 Å². The van der Waals surface area contributed by atoms with Crippen LogP contribution in [0, 0.1) is 0 Å². The second-order valence-corrected chi connectivity index (χ2v) is 26.3. The second kappa shape index (κ2) is 74.3. The Bertz CT molecular complexity index is 1420. The summed E-state index contributed by atoms with van der Waals surface area (Å²) in [5, 5.41) is 23.2. The lowest BCUT2D eigenvalue weighted by molar-refractivity contribution is -0.143. The van der Waals surface area contributed by atoms with Crippen molar-refractivity contribution in [3.8, 4) is 0 Å². The number of hydrogen-bond donors (Lipinski definition) is 3. The number of carbonyl (C=O) groups is 2. The van der Waals surface area contributed by atoms with Crippen LogP contribution in [0.4, 0.5) is 0 Å². The number of amides is 1. The molecule has 0 aliphatic carbocycles. The van der Waals surface area contributed by atoms with E-state index in [2.05, 4.69) is 55.6 Å². The maximum Gasteiger partial charge on any atom is 0.305 e. The van der Waals surface area contributed by atoms with Crippen molar-refractivity contribution < 1.29 is 24.5 Å². The minimum atomic E-state index is -0.841. The van der Waals surface area contributed by atoms with Gasteiger partial charge in [0.2, 0.25) is 5.91 Å². The quantitative estimate of drug-likeness (QED) is 0.0320. The molecule has 3 N–H and O–H groups in total. The first-order chi connectivity index (χ1) is 42.0. The van der Waals surface area contributed by atoms with Gasteiger partial charge in [0, 0.05) is 12.8 Å². The van der Waals surface area contributed by atoms with Gasteiger partial charge in [0.15, 0.2) is 0 Å². The van der Waals surface area contributed by atoms with Gasteiger partial charge in [-0.25, -0.2) is 0 Å². The van der Waals surface area contributed by atoms with Gasteiger partial charge < -0.3 is 20.3 Å². The summed E-state index contributed by atoms with van der Waals surface area (Å²) in [6, 6.07) is -0.625. The van der Waals surface area contributed by atoms with Crippen LogP contribution in [-0.2, 0) is 14.3 Å². The fourth-order valence-corrected chi connectivity index (χ4v) is 11.9. The SMILES string of the molecule is CCCC/C=C\C/C=C\CCCCCCCC(=O)OCCCCCCCCCCCCCCCCCCCC/C=C\CCCCCCCCCCCCCCCCCCCC(=O)NC(CO)C(O)/C=C/CCCCCCCCCCCCCCC. The predicted octanol–water partition coefficient (Wildman–Crippen LogP) is 25.2. The monoisotopic (exact) mass is 1190 g/mol. The van der Waals surface area contributed by atoms with Gasteiger partial charge in [-0.3, -0.25) is 9.59 Å². The Kier molecular flexibility index (Phi) is 72.4. The molecule has 500 valence electrons. The second-order valence-electron chi connectivity index (χ2n) is 26.3. The average molecular weight is 1190 g/mol. The highest BCUT2D eigenvalue weighted by Gasteiger charge is 2.18. The normalized spacial score (nSPS) is 12.8. The van der Waals surface area contributed by atoms with E-state index in [1.165, 1.54) is 340 Å². The molecule has 1 amide bonds. The van der Waals surface area contributed by atoms with Gasteiger partial charge in [0.05, 0.1) is 25.4 Å². The van der Waals surface area contributed by atoms with E-state index in [4.69, 9.17) is 4.74 Å². The van der Waals surface area contributed by atoms with Gasteiger partial charge in [-0.2, -0.15) is 0 Å². The number of aliphatic hydroxyl groups excluding tert-OH is 2. The van der Waals surface area contributed by atoms with Crippen molar-refractivity contribution in [2.45, 2.75) is 431 Å². The van der Waals surface area contributed by atoms with E-state index in [0.29, 0.717) is 19.4 Å². The molecule has 6 heteroatoms. The fraction of sp³-hybridized carbons (Fsp3) is 0.873. The lowest BCUT2D eigenvalue weighted by Crippen LogP contribution is -2.45. The number of ether oxygens (including phenoxy) is 1. The Morgan fingerprint density at radius 3 is 0.941 bits per heavy atom. The maximum atomic E-state index is 12.5. The van der Waals surface area contributed by atoms with E-state index in [9.17, 15) is 19.8 Å². The van der Waals surface area contributed by atoms with Crippen LogP contribution in [0.15, 0.2) is 48.6 Å². The molecule has 0 spiro atoms. The number of nitrogens with one attached hydrogen (secondary N) is 1. The molecule has 0 heterocycles. The van der Waals surface area contributed by atoms with Gasteiger partial charge in [-0.05, 0) is 83.5 Å². The third-order valence-corrected chi connectivity index (χ3v) is 17.8. The van der Waals surface area contributed by atoms with Crippen molar-refractivity contribution in [3.63, 3.8) is 0 Å². The third-order valence-electron chi connectivity index (χ3n) is 17.8. The summed E-state index contributed by atoms with van der Waals surface area (Å²) in [4.78, 5) is 24.6. The molecule has 0 saturated carbocycles. The topological polar surface area (TPSA) is 95.9 Å². The molecular formula is C79H149NO5.